The van der Waals surface area contributed by atoms with Crippen molar-refractivity contribution in [3.05, 3.63) is 95.0 Å². The van der Waals surface area contributed by atoms with Crippen molar-refractivity contribution in [3.63, 3.8) is 0 Å². The van der Waals surface area contributed by atoms with Gasteiger partial charge in [0.2, 0.25) is 5.96 Å². The Kier molecular flexibility index (Phi) is 6.97. The number of carboxylic acids is 1. The van der Waals surface area contributed by atoms with E-state index in [-0.39, 0.29) is 17.2 Å². The van der Waals surface area contributed by atoms with Gasteiger partial charge in [-0.05, 0) is 54.1 Å². The second-order valence-corrected chi connectivity index (χ2v) is 9.86. The molecule has 0 bridgehead atoms. The third-order valence-electron chi connectivity index (χ3n) is 5.32. The van der Waals surface area contributed by atoms with Crippen LogP contribution in [0.1, 0.15) is 11.1 Å². The third kappa shape index (κ3) is 5.33. The Morgan fingerprint density at radius 2 is 1.72 bits per heavy atom. The first kappa shape index (κ1) is 25.2. The minimum Gasteiger partial charge on any atom is -0.482 e. The Balaban J connectivity index is 1.70. The van der Waals surface area contributed by atoms with Crippen molar-refractivity contribution in [2.45, 2.75) is 10.5 Å². The molecule has 1 atom stereocenters. The fourth-order valence-electron chi connectivity index (χ4n) is 3.58. The van der Waals surface area contributed by atoms with Gasteiger partial charge in [-0.3, -0.25) is 0 Å². The van der Waals surface area contributed by atoms with E-state index in [0.717, 1.165) is 5.01 Å². The number of aliphatic carboxylic acids is 1. The molecule has 12 heteroatoms. The van der Waals surface area contributed by atoms with Gasteiger partial charge in [-0.1, -0.05) is 41.9 Å². The fraction of sp³-hybridized carbons (Fsp3) is 0.125. The Labute approximate surface area is 212 Å². The highest BCUT2D eigenvalue weighted by atomic mass is 35.5. The average molecular weight is 529 g/mol. The first-order valence-electron chi connectivity index (χ1n) is 10.5. The van der Waals surface area contributed by atoms with E-state index in [9.17, 15) is 18.3 Å². The number of hydrogen-bond donors (Lipinski definition) is 3. The Bertz CT molecular complexity index is 1430. The lowest BCUT2D eigenvalue weighted by Gasteiger charge is -2.25. The van der Waals surface area contributed by atoms with Crippen molar-refractivity contribution in [1.82, 2.24) is 5.01 Å². The van der Waals surface area contributed by atoms with Crippen LogP contribution in [-0.2, 0) is 20.4 Å². The number of nitrogens with zero attached hydrogens (tertiary/aromatic N) is 3. The van der Waals surface area contributed by atoms with Gasteiger partial charge >= 0.3 is 5.97 Å². The van der Waals surface area contributed by atoms with Crippen molar-refractivity contribution in [2.24, 2.45) is 15.2 Å². The minimum absolute atomic E-state index is 0.103. The van der Waals surface area contributed by atoms with Crippen LogP contribution in [0.5, 0.6) is 5.75 Å². The first-order chi connectivity index (χ1) is 17.1. The molecule has 4 rings (SSSR count). The number of aliphatic hydroxyl groups is 1. The molecule has 186 valence electrons. The highest BCUT2D eigenvalue weighted by Crippen LogP contribution is 2.33. The summed E-state index contributed by atoms with van der Waals surface area (Å²) in [5, 5.41) is 26.4. The summed E-state index contributed by atoms with van der Waals surface area (Å²) in [4.78, 5) is 10.6. The molecule has 0 spiro atoms. The number of hydrogen-bond acceptors (Lipinski definition) is 6. The van der Waals surface area contributed by atoms with Gasteiger partial charge in [0, 0.05) is 10.6 Å². The molecule has 0 radical (unpaired) electrons. The van der Waals surface area contributed by atoms with Crippen LogP contribution < -0.4 is 10.5 Å². The molecule has 3 aromatic carbocycles. The second kappa shape index (κ2) is 9.97. The lowest BCUT2D eigenvalue weighted by atomic mass is 9.86. The molecule has 0 saturated heterocycles. The number of carbonyl (C=O) groups is 1. The summed E-state index contributed by atoms with van der Waals surface area (Å²) >= 11 is 5.83. The molecule has 0 aliphatic carbocycles. The molecule has 3 aromatic rings. The summed E-state index contributed by atoms with van der Waals surface area (Å²) in [6.45, 7) is -0.702. The summed E-state index contributed by atoms with van der Waals surface area (Å²) in [6.07, 6.45) is 0. The summed E-state index contributed by atoms with van der Waals surface area (Å²) < 4.78 is 34.3. The number of β-amino-alcohol motifs (C(OH)–C–C–N with tert-alkyl or cyclic N) is 1. The van der Waals surface area contributed by atoms with Crippen molar-refractivity contribution in [2.75, 3.05) is 13.2 Å². The molecule has 1 heterocycles. The van der Waals surface area contributed by atoms with Crippen molar-refractivity contribution < 1.29 is 28.2 Å². The molecule has 36 heavy (non-hydrogen) atoms. The molecule has 10 nitrogen and oxygen atoms in total. The number of carboxylic acid groups (broad SMARTS) is 1. The van der Waals surface area contributed by atoms with E-state index < -0.39 is 34.2 Å². The molecule has 4 N–H and O–H groups in total. The molecule has 1 aliphatic heterocycles. The smallest absolute Gasteiger partial charge is 0.341 e. The van der Waals surface area contributed by atoms with Crippen LogP contribution in [0, 0.1) is 0 Å². The van der Waals surface area contributed by atoms with Gasteiger partial charge in [-0.15, -0.1) is 4.40 Å². The largest absolute Gasteiger partial charge is 0.482 e. The van der Waals surface area contributed by atoms with E-state index in [2.05, 4.69) is 9.50 Å². The molecule has 0 saturated carbocycles. The number of rotatable bonds is 7. The van der Waals surface area contributed by atoms with Gasteiger partial charge in [0.15, 0.2) is 12.2 Å². The van der Waals surface area contributed by atoms with Crippen LogP contribution in [0.15, 0.2) is 93.3 Å². The number of ether oxygens (including phenoxy) is 1. The minimum atomic E-state index is -4.17. The molecular formula is C24H21ClN4O6S. The molecular weight excluding hydrogens is 508 g/mol. The highest BCUT2D eigenvalue weighted by molar-refractivity contribution is 7.90. The summed E-state index contributed by atoms with van der Waals surface area (Å²) in [5.41, 5.74) is 5.57. The predicted molar refractivity (Wildman–Crippen MR) is 133 cm³/mol. The number of nitrogens with two attached hydrogens (primary N) is 1. The fourth-order valence-corrected chi connectivity index (χ4v) is 4.64. The number of hydrazone groups is 1. The summed E-state index contributed by atoms with van der Waals surface area (Å²) in [7, 11) is -4.17. The van der Waals surface area contributed by atoms with Gasteiger partial charge in [0.05, 0.1) is 11.4 Å². The van der Waals surface area contributed by atoms with E-state index in [0.29, 0.717) is 21.9 Å². The summed E-state index contributed by atoms with van der Waals surface area (Å²) in [6, 6.07) is 20.4. The van der Waals surface area contributed by atoms with Crippen molar-refractivity contribution in [1.29, 1.82) is 0 Å². The van der Waals surface area contributed by atoms with Gasteiger partial charge in [0.25, 0.3) is 10.0 Å². The Morgan fingerprint density at radius 3 is 2.33 bits per heavy atom. The SMILES string of the molecule is N/C(=N\S(=O)(=O)c1ccc(Cl)cc1)N1CC(O)(c2ccccc2)C(c2ccc(OCC(=O)O)cc2)=N1. The topological polar surface area (TPSA) is 155 Å². The van der Waals surface area contributed by atoms with Crippen LogP contribution in [0.3, 0.4) is 0 Å². The lowest BCUT2D eigenvalue weighted by molar-refractivity contribution is -0.139. The lowest BCUT2D eigenvalue weighted by Crippen LogP contribution is -2.42. The zero-order chi connectivity index (χ0) is 25.9. The normalized spacial score (nSPS) is 18.1. The van der Waals surface area contributed by atoms with Crippen molar-refractivity contribution >= 4 is 39.3 Å². The monoisotopic (exact) mass is 528 g/mol. The average Bonchev–Trinajstić information content (AvgIpc) is 3.22. The third-order valence-corrected chi connectivity index (χ3v) is 6.87. The van der Waals surface area contributed by atoms with E-state index >= 15 is 0 Å². The van der Waals surface area contributed by atoms with Crippen LogP contribution in [0.4, 0.5) is 0 Å². The molecule has 0 fully saturated rings. The van der Waals surface area contributed by atoms with Gasteiger partial charge in [-0.2, -0.15) is 13.5 Å². The number of sulfonamides is 1. The highest BCUT2D eigenvalue weighted by Gasteiger charge is 2.44. The number of halogens is 1. The van der Waals surface area contributed by atoms with Crippen LogP contribution in [-0.4, -0.2) is 54.4 Å². The molecule has 0 aromatic heterocycles. The maximum absolute atomic E-state index is 12.7. The van der Waals surface area contributed by atoms with Gasteiger partial charge in [-0.25, -0.2) is 9.80 Å². The van der Waals surface area contributed by atoms with Crippen LogP contribution in [0.2, 0.25) is 5.02 Å². The summed E-state index contributed by atoms with van der Waals surface area (Å²) in [5.74, 6) is -1.23. The van der Waals surface area contributed by atoms with Crippen molar-refractivity contribution in [3.8, 4) is 5.75 Å². The van der Waals surface area contributed by atoms with Crippen LogP contribution >= 0.6 is 11.6 Å². The molecule has 1 unspecified atom stereocenters. The first-order valence-corrected chi connectivity index (χ1v) is 12.4. The van der Waals surface area contributed by atoms with E-state index in [1.807, 2.05) is 0 Å². The maximum Gasteiger partial charge on any atom is 0.341 e. The quantitative estimate of drug-likeness (QED) is 0.312. The predicted octanol–water partition coefficient (Wildman–Crippen LogP) is 2.41. The zero-order valence-electron chi connectivity index (χ0n) is 18.7. The Morgan fingerprint density at radius 1 is 1.08 bits per heavy atom. The number of benzene rings is 3. The Hall–Kier alpha value is -3.93. The van der Waals surface area contributed by atoms with E-state index in [1.165, 1.54) is 36.4 Å². The zero-order valence-corrected chi connectivity index (χ0v) is 20.2. The standard InChI is InChI=1S/C24H21ClN4O6S/c25-18-8-12-20(13-9-18)36(33,34)28-23(26)29-15-24(32,17-4-2-1-3-5-17)22(27-29)16-6-10-19(11-7-16)35-14-21(30)31/h1-13,32H,14-15H2,(H2,26,28)(H,30,31). The maximum atomic E-state index is 12.7. The van der Waals surface area contributed by atoms with Gasteiger partial charge in [0.1, 0.15) is 11.5 Å². The number of guanidine groups is 1. The second-order valence-electron chi connectivity index (χ2n) is 7.82. The van der Waals surface area contributed by atoms with E-state index in [4.69, 9.17) is 27.2 Å². The van der Waals surface area contributed by atoms with Crippen LogP contribution in [0.25, 0.3) is 0 Å². The van der Waals surface area contributed by atoms with E-state index in [1.54, 1.807) is 42.5 Å². The molecule has 0 amide bonds. The molecule has 1 aliphatic rings. The van der Waals surface area contributed by atoms with Gasteiger partial charge < -0.3 is 20.7 Å².